The average Bonchev–Trinajstić information content (AvgIpc) is 2.47. The Balaban J connectivity index is 1.65. The van der Waals surface area contributed by atoms with Crippen LogP contribution in [-0.4, -0.2) is 37.6 Å². The van der Waals surface area contributed by atoms with Gasteiger partial charge in [0, 0.05) is 19.0 Å². The van der Waals surface area contributed by atoms with E-state index in [1.54, 1.807) is 0 Å². The molecule has 2 aliphatic heterocycles. The molecule has 0 spiro atoms. The van der Waals surface area contributed by atoms with E-state index in [4.69, 9.17) is 9.47 Å². The van der Waals surface area contributed by atoms with Crippen LogP contribution in [0.25, 0.3) is 0 Å². The molecule has 0 unspecified atom stereocenters. The lowest BCUT2D eigenvalue weighted by molar-refractivity contribution is -0.271. The molecule has 0 saturated carbocycles. The van der Waals surface area contributed by atoms with Gasteiger partial charge in [-0.15, -0.1) is 0 Å². The summed E-state index contributed by atoms with van der Waals surface area (Å²) in [5.74, 6) is 1.55. The lowest BCUT2D eigenvalue weighted by atomic mass is 9.93. The molecule has 0 amide bonds. The van der Waals surface area contributed by atoms with Crippen molar-refractivity contribution in [3.8, 4) is 0 Å². The van der Waals surface area contributed by atoms with Gasteiger partial charge in [-0.05, 0) is 25.2 Å². The first-order chi connectivity index (χ1) is 9.33. The largest absolute Gasteiger partial charge is 0.339 e. The van der Waals surface area contributed by atoms with Crippen LogP contribution in [0.2, 0.25) is 0 Å². The maximum Gasteiger partial charge on any atom is 0.218 e. The Hall–Kier alpha value is -0.120. The molecule has 0 aromatic heterocycles. The summed E-state index contributed by atoms with van der Waals surface area (Å²) in [7, 11) is 0. The smallest absolute Gasteiger partial charge is 0.218 e. The van der Waals surface area contributed by atoms with Crippen LogP contribution >= 0.6 is 0 Å². The zero-order valence-electron chi connectivity index (χ0n) is 12.8. The molecule has 0 aliphatic carbocycles. The number of likely N-dealkylation sites (tertiary alicyclic amines) is 1. The number of rotatable bonds is 6. The van der Waals surface area contributed by atoms with Crippen molar-refractivity contribution in [2.24, 2.45) is 11.8 Å². The van der Waals surface area contributed by atoms with Gasteiger partial charge in [-0.2, -0.15) is 0 Å². The Labute approximate surface area is 118 Å². The molecule has 0 aromatic rings. The van der Waals surface area contributed by atoms with Crippen molar-refractivity contribution in [3.63, 3.8) is 0 Å². The maximum atomic E-state index is 5.93. The average molecular weight is 269 g/mol. The van der Waals surface area contributed by atoms with Gasteiger partial charge in [-0.1, -0.05) is 39.5 Å². The third-order valence-electron chi connectivity index (χ3n) is 4.56. The fraction of sp³-hybridized carbons (Fsp3) is 1.00. The SMILES string of the molecule is CCCCC1COC(N2CCC(CCC)CC2)OC1. The monoisotopic (exact) mass is 269 g/mol. The Morgan fingerprint density at radius 3 is 2.16 bits per heavy atom. The van der Waals surface area contributed by atoms with Gasteiger partial charge < -0.3 is 9.47 Å². The van der Waals surface area contributed by atoms with E-state index in [1.807, 2.05) is 0 Å². The second kappa shape index (κ2) is 8.23. The zero-order chi connectivity index (χ0) is 13.5. The summed E-state index contributed by atoms with van der Waals surface area (Å²) >= 11 is 0. The summed E-state index contributed by atoms with van der Waals surface area (Å²) < 4.78 is 11.9. The number of piperidine rings is 1. The van der Waals surface area contributed by atoms with Crippen LogP contribution in [0, 0.1) is 11.8 Å². The molecule has 0 atom stereocenters. The summed E-state index contributed by atoms with van der Waals surface area (Å²) in [6, 6.07) is 0. The van der Waals surface area contributed by atoms with Crippen LogP contribution in [0.15, 0.2) is 0 Å². The normalized spacial score (nSPS) is 30.6. The van der Waals surface area contributed by atoms with Crippen molar-refractivity contribution in [1.29, 1.82) is 0 Å². The fourth-order valence-corrected chi connectivity index (χ4v) is 3.26. The van der Waals surface area contributed by atoms with E-state index < -0.39 is 0 Å². The fourth-order valence-electron chi connectivity index (χ4n) is 3.26. The summed E-state index contributed by atoms with van der Waals surface area (Å²) in [6.07, 6.45) is 9.10. The van der Waals surface area contributed by atoms with Crippen molar-refractivity contribution in [1.82, 2.24) is 4.90 Å². The minimum Gasteiger partial charge on any atom is -0.339 e. The topological polar surface area (TPSA) is 21.7 Å². The van der Waals surface area contributed by atoms with Crippen molar-refractivity contribution in [2.45, 2.75) is 65.2 Å². The highest BCUT2D eigenvalue weighted by Gasteiger charge is 2.29. The van der Waals surface area contributed by atoms with Crippen molar-refractivity contribution in [3.05, 3.63) is 0 Å². The molecule has 0 N–H and O–H groups in total. The first-order valence-corrected chi connectivity index (χ1v) is 8.30. The second-order valence-electron chi connectivity index (χ2n) is 6.25. The van der Waals surface area contributed by atoms with Crippen molar-refractivity contribution in [2.75, 3.05) is 26.3 Å². The molecular formula is C16H31NO2. The predicted molar refractivity (Wildman–Crippen MR) is 77.9 cm³/mol. The Morgan fingerprint density at radius 2 is 1.58 bits per heavy atom. The first-order valence-electron chi connectivity index (χ1n) is 8.30. The van der Waals surface area contributed by atoms with Gasteiger partial charge >= 0.3 is 0 Å². The summed E-state index contributed by atoms with van der Waals surface area (Å²) in [4.78, 5) is 2.39. The number of ether oxygens (including phenoxy) is 2. The van der Waals surface area contributed by atoms with Crippen LogP contribution in [0.3, 0.4) is 0 Å². The maximum absolute atomic E-state index is 5.93. The van der Waals surface area contributed by atoms with Crippen LogP contribution < -0.4 is 0 Å². The molecule has 112 valence electrons. The van der Waals surface area contributed by atoms with Gasteiger partial charge in [-0.25, -0.2) is 0 Å². The quantitative estimate of drug-likeness (QED) is 0.735. The van der Waals surface area contributed by atoms with Crippen LogP contribution in [-0.2, 0) is 9.47 Å². The molecular weight excluding hydrogens is 238 g/mol. The molecule has 3 nitrogen and oxygen atoms in total. The molecule has 2 rings (SSSR count). The zero-order valence-corrected chi connectivity index (χ0v) is 12.8. The molecule has 0 bridgehead atoms. The number of hydrogen-bond acceptors (Lipinski definition) is 3. The highest BCUT2D eigenvalue weighted by molar-refractivity contribution is 4.73. The van der Waals surface area contributed by atoms with E-state index in [9.17, 15) is 0 Å². The van der Waals surface area contributed by atoms with E-state index >= 15 is 0 Å². The Morgan fingerprint density at radius 1 is 0.895 bits per heavy atom. The van der Waals surface area contributed by atoms with Crippen LogP contribution in [0.5, 0.6) is 0 Å². The summed E-state index contributed by atoms with van der Waals surface area (Å²) in [6.45, 7) is 8.60. The van der Waals surface area contributed by atoms with Gasteiger partial charge in [0.05, 0.1) is 13.2 Å². The highest BCUT2D eigenvalue weighted by atomic mass is 16.7. The van der Waals surface area contributed by atoms with Crippen LogP contribution in [0.1, 0.15) is 58.8 Å². The van der Waals surface area contributed by atoms with Gasteiger partial charge in [0.25, 0.3) is 0 Å². The lowest BCUT2D eigenvalue weighted by Crippen LogP contribution is -2.48. The Bertz CT molecular complexity index is 231. The molecule has 2 aliphatic rings. The summed E-state index contributed by atoms with van der Waals surface area (Å²) in [5.41, 5.74) is 0. The third kappa shape index (κ3) is 4.73. The van der Waals surface area contributed by atoms with E-state index in [2.05, 4.69) is 18.7 Å². The highest BCUT2D eigenvalue weighted by Crippen LogP contribution is 2.26. The van der Waals surface area contributed by atoms with Gasteiger partial charge in [0.1, 0.15) is 0 Å². The molecule has 19 heavy (non-hydrogen) atoms. The second-order valence-corrected chi connectivity index (χ2v) is 6.25. The number of unbranched alkanes of at least 4 members (excludes halogenated alkanes) is 1. The van der Waals surface area contributed by atoms with Crippen molar-refractivity contribution < 1.29 is 9.47 Å². The molecule has 2 heterocycles. The molecule has 2 saturated heterocycles. The van der Waals surface area contributed by atoms with Crippen LogP contribution in [0.4, 0.5) is 0 Å². The first kappa shape index (κ1) is 15.3. The number of hydrogen-bond donors (Lipinski definition) is 0. The van der Waals surface area contributed by atoms with Gasteiger partial charge in [-0.3, -0.25) is 4.90 Å². The molecule has 0 aromatic carbocycles. The molecule has 3 heteroatoms. The van der Waals surface area contributed by atoms with E-state index in [1.165, 1.54) is 44.9 Å². The van der Waals surface area contributed by atoms with E-state index in [0.717, 1.165) is 32.2 Å². The van der Waals surface area contributed by atoms with Crippen molar-refractivity contribution >= 4 is 0 Å². The minimum absolute atomic E-state index is 0.0551. The molecule has 2 fully saturated rings. The standard InChI is InChI=1S/C16H31NO2/c1-3-5-7-15-12-18-16(19-13-15)17-10-8-14(6-4-2)9-11-17/h14-16H,3-13H2,1-2H3. The number of nitrogens with zero attached hydrogens (tertiary/aromatic N) is 1. The predicted octanol–water partition coefficient (Wildman–Crippen LogP) is 3.64. The lowest BCUT2D eigenvalue weighted by Gasteiger charge is -2.40. The minimum atomic E-state index is -0.0551. The van der Waals surface area contributed by atoms with E-state index in [0.29, 0.717) is 5.92 Å². The van der Waals surface area contributed by atoms with Gasteiger partial charge in [0.2, 0.25) is 6.41 Å². The summed E-state index contributed by atoms with van der Waals surface area (Å²) in [5, 5.41) is 0. The molecule has 0 radical (unpaired) electrons. The van der Waals surface area contributed by atoms with E-state index in [-0.39, 0.29) is 6.41 Å². The third-order valence-corrected chi connectivity index (χ3v) is 4.56. The Kier molecular flexibility index (Phi) is 6.62. The van der Waals surface area contributed by atoms with Gasteiger partial charge in [0.15, 0.2) is 0 Å².